The standard InChI is InChI=1S/C17H30O6/c1-10(2)7-8-18-9-11-12-13(21-16(3,4)20-12)14-15(19-11)23-17(5,6)22-14/h10-15H,7-9H2,1-6H3/t11-,12-,13+,14+,15+/m0/s1. The highest BCUT2D eigenvalue weighted by atomic mass is 16.9. The predicted octanol–water partition coefficient (Wildman–Crippen LogP) is 2.45. The van der Waals surface area contributed by atoms with Crippen LogP contribution in [-0.4, -0.2) is 55.5 Å². The molecule has 3 aliphatic heterocycles. The molecule has 3 rings (SSSR count). The van der Waals surface area contributed by atoms with E-state index < -0.39 is 17.9 Å². The van der Waals surface area contributed by atoms with Crippen LogP contribution in [-0.2, 0) is 28.4 Å². The van der Waals surface area contributed by atoms with E-state index >= 15 is 0 Å². The average molecular weight is 330 g/mol. The van der Waals surface area contributed by atoms with Gasteiger partial charge >= 0.3 is 0 Å². The van der Waals surface area contributed by atoms with E-state index in [1.807, 2.05) is 27.7 Å². The smallest absolute Gasteiger partial charge is 0.190 e. The van der Waals surface area contributed by atoms with E-state index in [0.717, 1.165) is 13.0 Å². The molecule has 0 unspecified atom stereocenters. The van der Waals surface area contributed by atoms with Crippen LogP contribution >= 0.6 is 0 Å². The van der Waals surface area contributed by atoms with Gasteiger partial charge in [0.2, 0.25) is 0 Å². The third kappa shape index (κ3) is 3.89. The average Bonchev–Trinajstić information content (AvgIpc) is 2.88. The second-order valence-electron chi connectivity index (χ2n) is 7.97. The first kappa shape index (κ1) is 17.6. The summed E-state index contributed by atoms with van der Waals surface area (Å²) >= 11 is 0. The van der Waals surface area contributed by atoms with Crippen LogP contribution in [0.5, 0.6) is 0 Å². The molecule has 0 spiro atoms. The first-order valence-electron chi connectivity index (χ1n) is 8.61. The van der Waals surface area contributed by atoms with E-state index in [2.05, 4.69) is 13.8 Å². The molecule has 0 bridgehead atoms. The van der Waals surface area contributed by atoms with Crippen LogP contribution in [0.2, 0.25) is 0 Å². The maximum absolute atomic E-state index is 6.08. The SMILES string of the molecule is CC(C)CCOC[C@@H]1O[C@@H]2OC(C)(C)O[C@@H]2[C@@H]2OC(C)(C)O[C@H]21. The second-order valence-corrected chi connectivity index (χ2v) is 7.97. The van der Waals surface area contributed by atoms with Crippen molar-refractivity contribution in [3.8, 4) is 0 Å². The molecule has 3 fully saturated rings. The molecule has 3 heterocycles. The summed E-state index contributed by atoms with van der Waals surface area (Å²) in [4.78, 5) is 0. The van der Waals surface area contributed by atoms with Crippen molar-refractivity contribution < 1.29 is 28.4 Å². The largest absolute Gasteiger partial charge is 0.379 e. The van der Waals surface area contributed by atoms with Gasteiger partial charge in [-0.15, -0.1) is 0 Å². The Bertz CT molecular complexity index is 421. The van der Waals surface area contributed by atoms with E-state index in [-0.39, 0.29) is 24.4 Å². The van der Waals surface area contributed by atoms with Gasteiger partial charge in [-0.25, -0.2) is 0 Å². The molecule has 3 saturated heterocycles. The fraction of sp³-hybridized carbons (Fsp3) is 1.00. The Morgan fingerprint density at radius 1 is 0.870 bits per heavy atom. The van der Waals surface area contributed by atoms with Crippen LogP contribution in [0.25, 0.3) is 0 Å². The number of hydrogen-bond acceptors (Lipinski definition) is 6. The first-order valence-corrected chi connectivity index (χ1v) is 8.61. The lowest BCUT2D eigenvalue weighted by molar-refractivity contribution is -0.243. The van der Waals surface area contributed by atoms with Crippen LogP contribution in [0.1, 0.15) is 48.0 Å². The Labute approximate surface area is 138 Å². The molecule has 0 radical (unpaired) electrons. The van der Waals surface area contributed by atoms with Gasteiger partial charge in [0.1, 0.15) is 24.4 Å². The van der Waals surface area contributed by atoms with Crippen LogP contribution < -0.4 is 0 Å². The minimum Gasteiger partial charge on any atom is -0.379 e. The number of fused-ring (bicyclic) bond motifs is 3. The van der Waals surface area contributed by atoms with E-state index in [1.165, 1.54) is 0 Å². The van der Waals surface area contributed by atoms with E-state index in [9.17, 15) is 0 Å². The highest BCUT2D eigenvalue weighted by Crippen LogP contribution is 2.44. The van der Waals surface area contributed by atoms with Crippen LogP contribution in [0.15, 0.2) is 0 Å². The van der Waals surface area contributed by atoms with Gasteiger partial charge in [0.25, 0.3) is 0 Å². The van der Waals surface area contributed by atoms with Gasteiger partial charge in [0.15, 0.2) is 17.9 Å². The highest BCUT2D eigenvalue weighted by molar-refractivity contribution is 5.00. The van der Waals surface area contributed by atoms with Gasteiger partial charge in [-0.1, -0.05) is 13.8 Å². The van der Waals surface area contributed by atoms with Crippen LogP contribution in [0, 0.1) is 5.92 Å². The molecule has 6 nitrogen and oxygen atoms in total. The zero-order chi connectivity index (χ0) is 16.8. The van der Waals surface area contributed by atoms with Crippen molar-refractivity contribution >= 4 is 0 Å². The molecule has 0 aromatic rings. The Hall–Kier alpha value is -0.240. The summed E-state index contributed by atoms with van der Waals surface area (Å²) in [6.07, 6.45) is -0.312. The molecule has 5 atom stereocenters. The summed E-state index contributed by atoms with van der Waals surface area (Å²) in [5, 5.41) is 0. The molecule has 0 saturated carbocycles. The fourth-order valence-electron chi connectivity index (χ4n) is 3.35. The van der Waals surface area contributed by atoms with Crippen molar-refractivity contribution in [3.63, 3.8) is 0 Å². The maximum Gasteiger partial charge on any atom is 0.190 e. The lowest BCUT2D eigenvalue weighted by atomic mass is 9.99. The number of hydrogen-bond donors (Lipinski definition) is 0. The summed E-state index contributed by atoms with van der Waals surface area (Å²) in [5.74, 6) is -0.708. The Balaban J connectivity index is 1.66. The summed E-state index contributed by atoms with van der Waals surface area (Å²) in [7, 11) is 0. The van der Waals surface area contributed by atoms with Gasteiger partial charge in [-0.05, 0) is 40.0 Å². The van der Waals surface area contributed by atoms with Crippen molar-refractivity contribution in [3.05, 3.63) is 0 Å². The predicted molar refractivity (Wildman–Crippen MR) is 82.8 cm³/mol. The second kappa shape index (κ2) is 6.24. The quantitative estimate of drug-likeness (QED) is 0.722. The van der Waals surface area contributed by atoms with Crippen molar-refractivity contribution in [2.45, 2.75) is 90.2 Å². The zero-order valence-corrected chi connectivity index (χ0v) is 15.0. The third-order valence-corrected chi connectivity index (χ3v) is 4.37. The molecule has 3 aliphatic rings. The molecule has 0 aromatic heterocycles. The third-order valence-electron chi connectivity index (χ3n) is 4.37. The lowest BCUT2D eigenvalue weighted by Gasteiger charge is -2.37. The van der Waals surface area contributed by atoms with Gasteiger partial charge in [-0.2, -0.15) is 0 Å². The Kier molecular flexibility index (Phi) is 4.77. The molecule has 134 valence electrons. The van der Waals surface area contributed by atoms with E-state index in [4.69, 9.17) is 28.4 Å². The van der Waals surface area contributed by atoms with E-state index in [1.54, 1.807) is 0 Å². The van der Waals surface area contributed by atoms with Gasteiger partial charge < -0.3 is 28.4 Å². The van der Waals surface area contributed by atoms with Crippen LogP contribution in [0.4, 0.5) is 0 Å². The molecule has 0 N–H and O–H groups in total. The number of ether oxygens (including phenoxy) is 6. The molecule has 23 heavy (non-hydrogen) atoms. The lowest BCUT2D eigenvalue weighted by Crippen LogP contribution is -2.56. The van der Waals surface area contributed by atoms with Crippen molar-refractivity contribution in [2.75, 3.05) is 13.2 Å². The monoisotopic (exact) mass is 330 g/mol. The topological polar surface area (TPSA) is 55.4 Å². The normalized spacial score (nSPS) is 41.1. The zero-order valence-electron chi connectivity index (χ0n) is 15.0. The van der Waals surface area contributed by atoms with Crippen LogP contribution in [0.3, 0.4) is 0 Å². The highest BCUT2D eigenvalue weighted by Gasteiger charge is 2.60. The minimum absolute atomic E-state index is 0.204. The summed E-state index contributed by atoms with van der Waals surface area (Å²) < 4.78 is 35.9. The van der Waals surface area contributed by atoms with Gasteiger partial charge in [-0.3, -0.25) is 0 Å². The van der Waals surface area contributed by atoms with Crippen molar-refractivity contribution in [1.29, 1.82) is 0 Å². The molecular formula is C17H30O6. The van der Waals surface area contributed by atoms with E-state index in [0.29, 0.717) is 12.5 Å². The fourth-order valence-corrected chi connectivity index (χ4v) is 3.35. The van der Waals surface area contributed by atoms with Crippen molar-refractivity contribution in [2.24, 2.45) is 5.92 Å². The minimum atomic E-state index is -0.677. The molecule has 0 aliphatic carbocycles. The molecule has 0 aromatic carbocycles. The maximum atomic E-state index is 6.08. The van der Waals surface area contributed by atoms with Gasteiger partial charge in [0.05, 0.1) is 6.61 Å². The Morgan fingerprint density at radius 3 is 2.17 bits per heavy atom. The summed E-state index contributed by atoms with van der Waals surface area (Å²) in [5.41, 5.74) is 0. The van der Waals surface area contributed by atoms with Crippen molar-refractivity contribution in [1.82, 2.24) is 0 Å². The first-order chi connectivity index (χ1) is 10.7. The number of rotatable bonds is 5. The summed E-state index contributed by atoms with van der Waals surface area (Å²) in [6.45, 7) is 13.2. The van der Waals surface area contributed by atoms with Gasteiger partial charge in [0, 0.05) is 6.61 Å². The summed E-state index contributed by atoms with van der Waals surface area (Å²) in [6, 6.07) is 0. The molecular weight excluding hydrogens is 300 g/mol. The Morgan fingerprint density at radius 2 is 1.48 bits per heavy atom. The molecule has 6 heteroatoms. The molecule has 0 amide bonds.